The number of hydrogen-bond donors (Lipinski definition) is 1. The maximum absolute atomic E-state index is 11.6. The van der Waals surface area contributed by atoms with Crippen molar-refractivity contribution in [1.29, 1.82) is 0 Å². The SMILES string of the molecule is Cn1ccn(Cc2ccc(C(=O)O)o2)c(=O)c1=O. The second-order valence-electron chi connectivity index (χ2n) is 3.72. The van der Waals surface area contributed by atoms with Gasteiger partial charge < -0.3 is 18.7 Å². The standard InChI is InChI=1S/C11H10N2O5/c1-12-4-5-13(10(15)9(12)14)6-7-2-3-8(18-7)11(16)17/h2-5H,6H2,1H3,(H,16,17). The lowest BCUT2D eigenvalue weighted by atomic mass is 10.4. The summed E-state index contributed by atoms with van der Waals surface area (Å²) in [6.07, 6.45) is 2.89. The van der Waals surface area contributed by atoms with Gasteiger partial charge in [0.1, 0.15) is 5.76 Å². The zero-order valence-corrected chi connectivity index (χ0v) is 9.49. The number of aryl methyl sites for hydroxylation is 1. The Bertz CT molecular complexity index is 707. The molecule has 0 spiro atoms. The zero-order valence-electron chi connectivity index (χ0n) is 9.49. The molecule has 2 aromatic heterocycles. The number of nitrogens with zero attached hydrogens (tertiary/aromatic N) is 2. The van der Waals surface area contributed by atoms with Crippen LogP contribution in [0, 0.1) is 0 Å². The van der Waals surface area contributed by atoms with Gasteiger partial charge in [-0.1, -0.05) is 0 Å². The minimum Gasteiger partial charge on any atom is -0.475 e. The van der Waals surface area contributed by atoms with Crippen molar-refractivity contribution >= 4 is 5.97 Å². The highest BCUT2D eigenvalue weighted by Gasteiger charge is 2.10. The molecule has 2 heterocycles. The Morgan fingerprint density at radius 3 is 2.61 bits per heavy atom. The van der Waals surface area contributed by atoms with Gasteiger partial charge in [0.15, 0.2) is 0 Å². The Morgan fingerprint density at radius 1 is 1.28 bits per heavy atom. The molecule has 0 aromatic carbocycles. The summed E-state index contributed by atoms with van der Waals surface area (Å²) in [5.41, 5.74) is -1.34. The van der Waals surface area contributed by atoms with E-state index in [1.54, 1.807) is 0 Å². The molecule has 0 aliphatic rings. The molecular formula is C11H10N2O5. The minimum atomic E-state index is -1.18. The maximum Gasteiger partial charge on any atom is 0.371 e. The normalized spacial score (nSPS) is 10.5. The summed E-state index contributed by atoms with van der Waals surface area (Å²) in [7, 11) is 1.48. The second-order valence-corrected chi connectivity index (χ2v) is 3.72. The Morgan fingerprint density at radius 2 is 2.00 bits per heavy atom. The second kappa shape index (κ2) is 4.36. The molecule has 0 saturated heterocycles. The number of aromatic nitrogens is 2. The van der Waals surface area contributed by atoms with E-state index in [1.807, 2.05) is 0 Å². The van der Waals surface area contributed by atoms with E-state index in [4.69, 9.17) is 9.52 Å². The van der Waals surface area contributed by atoms with Gasteiger partial charge in [-0.3, -0.25) is 9.59 Å². The van der Waals surface area contributed by atoms with Gasteiger partial charge in [0, 0.05) is 19.4 Å². The number of aromatic carboxylic acids is 1. The molecule has 1 N–H and O–H groups in total. The van der Waals surface area contributed by atoms with Crippen LogP contribution >= 0.6 is 0 Å². The molecule has 18 heavy (non-hydrogen) atoms. The highest BCUT2D eigenvalue weighted by molar-refractivity contribution is 5.84. The van der Waals surface area contributed by atoms with Crippen molar-refractivity contribution in [2.45, 2.75) is 6.54 Å². The fourth-order valence-corrected chi connectivity index (χ4v) is 1.46. The highest BCUT2D eigenvalue weighted by Crippen LogP contribution is 2.08. The van der Waals surface area contributed by atoms with Crippen LogP contribution in [-0.4, -0.2) is 20.2 Å². The molecule has 0 aliphatic carbocycles. The van der Waals surface area contributed by atoms with Crippen molar-refractivity contribution in [1.82, 2.24) is 9.13 Å². The van der Waals surface area contributed by atoms with Gasteiger partial charge in [0.25, 0.3) is 0 Å². The highest BCUT2D eigenvalue weighted by atomic mass is 16.4. The van der Waals surface area contributed by atoms with Gasteiger partial charge in [0.2, 0.25) is 5.76 Å². The predicted molar refractivity (Wildman–Crippen MR) is 60.7 cm³/mol. The third kappa shape index (κ3) is 2.10. The summed E-state index contributed by atoms with van der Waals surface area (Å²) >= 11 is 0. The molecule has 0 amide bonds. The van der Waals surface area contributed by atoms with Gasteiger partial charge in [0.05, 0.1) is 6.54 Å². The van der Waals surface area contributed by atoms with Crippen LogP contribution in [-0.2, 0) is 13.6 Å². The summed E-state index contributed by atoms with van der Waals surface area (Å²) in [5, 5.41) is 8.68. The first kappa shape index (κ1) is 11.9. The van der Waals surface area contributed by atoms with E-state index in [1.165, 1.54) is 36.1 Å². The molecule has 0 radical (unpaired) electrons. The summed E-state index contributed by atoms with van der Waals surface area (Å²) in [4.78, 5) is 33.6. The molecule has 7 nitrogen and oxygen atoms in total. The molecule has 0 unspecified atom stereocenters. The molecule has 7 heteroatoms. The summed E-state index contributed by atoms with van der Waals surface area (Å²) < 4.78 is 7.34. The average molecular weight is 250 g/mol. The number of hydrogen-bond acceptors (Lipinski definition) is 4. The first-order chi connectivity index (χ1) is 8.49. The molecule has 2 aromatic rings. The average Bonchev–Trinajstić information content (AvgIpc) is 2.79. The van der Waals surface area contributed by atoms with E-state index in [9.17, 15) is 14.4 Å². The van der Waals surface area contributed by atoms with Crippen molar-refractivity contribution in [2.75, 3.05) is 0 Å². The lowest BCUT2D eigenvalue weighted by Crippen LogP contribution is -2.39. The van der Waals surface area contributed by atoms with Gasteiger partial charge in [-0.05, 0) is 12.1 Å². The fraction of sp³-hybridized carbons (Fsp3) is 0.182. The third-order valence-electron chi connectivity index (χ3n) is 2.43. The lowest BCUT2D eigenvalue weighted by molar-refractivity contribution is 0.0660. The molecule has 0 atom stereocenters. The summed E-state index contributed by atoms with van der Waals surface area (Å²) in [6, 6.07) is 2.75. The lowest BCUT2D eigenvalue weighted by Gasteiger charge is -2.03. The molecule has 0 bridgehead atoms. The number of furan rings is 1. The van der Waals surface area contributed by atoms with E-state index < -0.39 is 17.1 Å². The van der Waals surface area contributed by atoms with Crippen molar-refractivity contribution in [2.24, 2.45) is 7.05 Å². The first-order valence-electron chi connectivity index (χ1n) is 5.07. The van der Waals surface area contributed by atoms with E-state index in [0.717, 1.165) is 4.57 Å². The van der Waals surface area contributed by atoms with Crippen LogP contribution in [0.3, 0.4) is 0 Å². The maximum atomic E-state index is 11.6. The Balaban J connectivity index is 2.34. The minimum absolute atomic E-state index is 0.0161. The molecule has 94 valence electrons. The van der Waals surface area contributed by atoms with Crippen LogP contribution in [0.15, 0.2) is 38.5 Å². The van der Waals surface area contributed by atoms with Crippen LogP contribution in [0.5, 0.6) is 0 Å². The predicted octanol–water partition coefficient (Wildman–Crippen LogP) is -0.114. The molecule has 0 aliphatic heterocycles. The van der Waals surface area contributed by atoms with Crippen LogP contribution in [0.1, 0.15) is 16.3 Å². The number of carboxylic acid groups (broad SMARTS) is 1. The van der Waals surface area contributed by atoms with Crippen molar-refractivity contribution in [3.05, 3.63) is 56.8 Å². The number of carboxylic acids is 1. The van der Waals surface area contributed by atoms with Crippen molar-refractivity contribution < 1.29 is 14.3 Å². The smallest absolute Gasteiger partial charge is 0.371 e. The van der Waals surface area contributed by atoms with Gasteiger partial charge >= 0.3 is 17.1 Å². The summed E-state index contributed by atoms with van der Waals surface area (Å²) in [6.45, 7) is 0.0161. The molecule has 0 saturated carbocycles. The Kier molecular flexibility index (Phi) is 2.88. The Labute approximate surface area is 101 Å². The fourth-order valence-electron chi connectivity index (χ4n) is 1.46. The van der Waals surface area contributed by atoms with Crippen LogP contribution in [0.2, 0.25) is 0 Å². The van der Waals surface area contributed by atoms with Crippen LogP contribution in [0.4, 0.5) is 0 Å². The number of rotatable bonds is 3. The monoisotopic (exact) mass is 250 g/mol. The molecular weight excluding hydrogens is 240 g/mol. The van der Waals surface area contributed by atoms with Crippen molar-refractivity contribution in [3.8, 4) is 0 Å². The third-order valence-corrected chi connectivity index (χ3v) is 2.43. The number of carbonyl (C=O) groups is 1. The summed E-state index contributed by atoms with van der Waals surface area (Å²) in [5.74, 6) is -1.10. The van der Waals surface area contributed by atoms with E-state index >= 15 is 0 Å². The van der Waals surface area contributed by atoms with Crippen LogP contribution < -0.4 is 11.1 Å². The molecule has 2 rings (SSSR count). The van der Waals surface area contributed by atoms with E-state index in [2.05, 4.69) is 0 Å². The van der Waals surface area contributed by atoms with Gasteiger partial charge in [-0.2, -0.15) is 0 Å². The van der Waals surface area contributed by atoms with Gasteiger partial charge in [-0.25, -0.2) is 4.79 Å². The largest absolute Gasteiger partial charge is 0.475 e. The topological polar surface area (TPSA) is 94.4 Å². The van der Waals surface area contributed by atoms with Gasteiger partial charge in [-0.15, -0.1) is 0 Å². The van der Waals surface area contributed by atoms with E-state index in [0.29, 0.717) is 5.76 Å². The first-order valence-corrected chi connectivity index (χ1v) is 5.07. The molecule has 0 fully saturated rings. The van der Waals surface area contributed by atoms with Crippen molar-refractivity contribution in [3.63, 3.8) is 0 Å². The van der Waals surface area contributed by atoms with E-state index in [-0.39, 0.29) is 12.3 Å². The van der Waals surface area contributed by atoms with Crippen LogP contribution in [0.25, 0.3) is 0 Å². The Hall–Kier alpha value is -2.57. The quantitative estimate of drug-likeness (QED) is 0.767. The zero-order chi connectivity index (χ0) is 13.3.